The second-order valence-corrected chi connectivity index (χ2v) is 7.64. The number of carbonyl (C=O) groups is 1. The molecule has 154 valence electrons. The van der Waals surface area contributed by atoms with E-state index in [1.165, 1.54) is 0 Å². The van der Waals surface area contributed by atoms with Crippen LogP contribution in [0.3, 0.4) is 0 Å². The molecule has 0 aliphatic carbocycles. The van der Waals surface area contributed by atoms with Gasteiger partial charge in [0.1, 0.15) is 0 Å². The maximum atomic E-state index is 13.4. The van der Waals surface area contributed by atoms with Crippen molar-refractivity contribution in [2.75, 3.05) is 23.3 Å². The minimum absolute atomic E-state index is 0.254. The van der Waals surface area contributed by atoms with Gasteiger partial charge in [0.2, 0.25) is 5.95 Å². The van der Waals surface area contributed by atoms with Crippen LogP contribution >= 0.6 is 0 Å². The number of para-hydroxylation sites is 1. The maximum absolute atomic E-state index is 13.4. The quantitative estimate of drug-likeness (QED) is 0.542. The molecule has 7 nitrogen and oxygen atoms in total. The Kier molecular flexibility index (Phi) is 5.00. The number of aryl methyl sites for hydroxylation is 1. The van der Waals surface area contributed by atoms with Crippen molar-refractivity contribution in [3.8, 4) is 11.3 Å². The van der Waals surface area contributed by atoms with Crippen LogP contribution in [0.2, 0.25) is 0 Å². The van der Waals surface area contributed by atoms with Crippen LogP contribution in [0.1, 0.15) is 28.9 Å². The Morgan fingerprint density at radius 2 is 1.81 bits per heavy atom. The average Bonchev–Trinajstić information content (AvgIpc) is 3.34. The van der Waals surface area contributed by atoms with Crippen molar-refractivity contribution >= 4 is 28.4 Å². The van der Waals surface area contributed by atoms with Gasteiger partial charge in [-0.15, -0.1) is 0 Å². The van der Waals surface area contributed by atoms with Gasteiger partial charge in [0, 0.05) is 48.3 Å². The number of nitrogens with one attached hydrogen (secondary N) is 1. The average molecular weight is 410 g/mol. The minimum atomic E-state index is -0.254. The first-order valence-electron chi connectivity index (χ1n) is 10.4. The number of benzene rings is 1. The lowest BCUT2D eigenvalue weighted by molar-refractivity contribution is 0.102. The van der Waals surface area contributed by atoms with Gasteiger partial charge in [-0.2, -0.15) is 0 Å². The van der Waals surface area contributed by atoms with E-state index in [9.17, 15) is 4.79 Å². The van der Waals surface area contributed by atoms with Gasteiger partial charge in [-0.3, -0.25) is 14.8 Å². The molecule has 0 saturated carbocycles. The summed E-state index contributed by atoms with van der Waals surface area (Å²) in [5.74, 6) is 0.404. The van der Waals surface area contributed by atoms with E-state index in [4.69, 9.17) is 4.98 Å². The Morgan fingerprint density at radius 1 is 1.03 bits per heavy atom. The summed E-state index contributed by atoms with van der Waals surface area (Å²) < 4.78 is 0. The number of rotatable bonds is 4. The molecule has 4 aromatic rings. The lowest BCUT2D eigenvalue weighted by Crippen LogP contribution is -2.22. The normalized spacial score (nSPS) is 13.5. The number of fused-ring (bicyclic) bond motifs is 1. The van der Waals surface area contributed by atoms with Gasteiger partial charge >= 0.3 is 0 Å². The summed E-state index contributed by atoms with van der Waals surface area (Å²) in [4.78, 5) is 33.5. The lowest BCUT2D eigenvalue weighted by Gasteiger charge is -2.17. The van der Waals surface area contributed by atoms with Gasteiger partial charge in [0.15, 0.2) is 0 Å². The summed E-state index contributed by atoms with van der Waals surface area (Å²) in [5, 5.41) is 3.94. The molecule has 0 spiro atoms. The van der Waals surface area contributed by atoms with Crippen molar-refractivity contribution in [2.45, 2.75) is 19.8 Å². The standard InChI is InChI=1S/C24H22N6O/c1-16-14-21(18-6-2-3-7-20(18)27-16)28-23(31)19-15-26-24(30-12-4-5-13-30)29-22(19)17-8-10-25-11-9-17/h2-3,6-11,14-15H,4-5,12-13H2,1H3,(H,27,28,31). The molecule has 1 N–H and O–H groups in total. The Bertz CT molecular complexity index is 1250. The summed E-state index contributed by atoms with van der Waals surface area (Å²) in [6.07, 6.45) is 7.29. The molecule has 4 heterocycles. The molecule has 31 heavy (non-hydrogen) atoms. The van der Waals surface area contributed by atoms with Crippen LogP contribution in [0.5, 0.6) is 0 Å². The Balaban J connectivity index is 1.56. The zero-order valence-electron chi connectivity index (χ0n) is 17.2. The van der Waals surface area contributed by atoms with Gasteiger partial charge in [-0.25, -0.2) is 9.97 Å². The molecule has 0 radical (unpaired) electrons. The highest BCUT2D eigenvalue weighted by Gasteiger charge is 2.21. The molecular formula is C24H22N6O. The first kappa shape index (κ1) is 19.1. The topological polar surface area (TPSA) is 83.9 Å². The van der Waals surface area contributed by atoms with E-state index >= 15 is 0 Å². The first-order chi connectivity index (χ1) is 15.2. The zero-order valence-corrected chi connectivity index (χ0v) is 17.2. The number of pyridine rings is 2. The van der Waals surface area contributed by atoms with E-state index in [0.29, 0.717) is 17.2 Å². The molecule has 0 bridgehead atoms. The monoisotopic (exact) mass is 410 g/mol. The summed E-state index contributed by atoms with van der Waals surface area (Å²) in [7, 11) is 0. The van der Waals surface area contributed by atoms with Crippen LogP contribution in [0.25, 0.3) is 22.2 Å². The van der Waals surface area contributed by atoms with E-state index in [1.807, 2.05) is 49.4 Å². The van der Waals surface area contributed by atoms with Crippen molar-refractivity contribution in [1.29, 1.82) is 0 Å². The molecule has 0 atom stereocenters. The fourth-order valence-corrected chi connectivity index (χ4v) is 3.94. The van der Waals surface area contributed by atoms with Gasteiger partial charge in [-0.05, 0) is 44.0 Å². The number of nitrogens with zero attached hydrogens (tertiary/aromatic N) is 5. The molecule has 1 fully saturated rings. The van der Waals surface area contributed by atoms with E-state index in [2.05, 4.69) is 25.2 Å². The van der Waals surface area contributed by atoms with Crippen LogP contribution in [0.15, 0.2) is 61.1 Å². The predicted octanol–water partition coefficient (Wildman–Crippen LogP) is 4.25. The fourth-order valence-electron chi connectivity index (χ4n) is 3.94. The molecular weight excluding hydrogens is 388 g/mol. The number of hydrogen-bond acceptors (Lipinski definition) is 6. The third-order valence-corrected chi connectivity index (χ3v) is 5.46. The molecule has 1 saturated heterocycles. The maximum Gasteiger partial charge on any atom is 0.259 e. The zero-order chi connectivity index (χ0) is 21.2. The van der Waals surface area contributed by atoms with Crippen molar-refractivity contribution < 1.29 is 4.79 Å². The second kappa shape index (κ2) is 8.10. The predicted molar refractivity (Wildman–Crippen MR) is 121 cm³/mol. The minimum Gasteiger partial charge on any atom is -0.341 e. The van der Waals surface area contributed by atoms with Crippen molar-refractivity contribution in [3.05, 3.63) is 72.3 Å². The molecule has 0 unspecified atom stereocenters. The molecule has 1 aromatic carbocycles. The Morgan fingerprint density at radius 3 is 2.61 bits per heavy atom. The summed E-state index contributed by atoms with van der Waals surface area (Å²) in [5.41, 5.74) is 4.26. The van der Waals surface area contributed by atoms with Crippen molar-refractivity contribution in [1.82, 2.24) is 19.9 Å². The number of anilines is 2. The highest BCUT2D eigenvalue weighted by Crippen LogP contribution is 2.27. The molecule has 1 amide bonds. The molecule has 7 heteroatoms. The second-order valence-electron chi connectivity index (χ2n) is 7.64. The number of hydrogen-bond donors (Lipinski definition) is 1. The van der Waals surface area contributed by atoms with Crippen LogP contribution in [-0.4, -0.2) is 38.9 Å². The van der Waals surface area contributed by atoms with Gasteiger partial charge in [-0.1, -0.05) is 18.2 Å². The van der Waals surface area contributed by atoms with E-state index in [-0.39, 0.29) is 5.91 Å². The summed E-state index contributed by atoms with van der Waals surface area (Å²) in [6, 6.07) is 13.4. The lowest BCUT2D eigenvalue weighted by atomic mass is 10.1. The Labute approximate surface area is 180 Å². The van der Waals surface area contributed by atoms with Crippen LogP contribution in [0, 0.1) is 6.92 Å². The number of aromatic nitrogens is 4. The van der Waals surface area contributed by atoms with Gasteiger partial charge < -0.3 is 10.2 Å². The third-order valence-electron chi connectivity index (χ3n) is 5.46. The molecule has 3 aromatic heterocycles. The first-order valence-corrected chi connectivity index (χ1v) is 10.4. The largest absolute Gasteiger partial charge is 0.341 e. The smallest absolute Gasteiger partial charge is 0.259 e. The van der Waals surface area contributed by atoms with E-state index in [0.717, 1.165) is 53.8 Å². The van der Waals surface area contributed by atoms with E-state index < -0.39 is 0 Å². The van der Waals surface area contributed by atoms with Gasteiger partial charge in [0.05, 0.1) is 22.5 Å². The number of amides is 1. The van der Waals surface area contributed by atoms with Gasteiger partial charge in [0.25, 0.3) is 5.91 Å². The molecule has 1 aliphatic heterocycles. The summed E-state index contributed by atoms with van der Waals surface area (Å²) >= 11 is 0. The van der Waals surface area contributed by atoms with Crippen LogP contribution < -0.4 is 10.2 Å². The van der Waals surface area contributed by atoms with Crippen LogP contribution in [-0.2, 0) is 0 Å². The SMILES string of the molecule is Cc1cc(NC(=O)c2cnc(N3CCCC3)nc2-c2ccncc2)c2ccccc2n1. The highest BCUT2D eigenvalue weighted by molar-refractivity contribution is 6.11. The molecule has 5 rings (SSSR count). The summed E-state index contributed by atoms with van der Waals surface area (Å²) in [6.45, 7) is 3.78. The number of carbonyl (C=O) groups excluding carboxylic acids is 1. The van der Waals surface area contributed by atoms with Crippen molar-refractivity contribution in [2.24, 2.45) is 0 Å². The highest BCUT2D eigenvalue weighted by atomic mass is 16.1. The van der Waals surface area contributed by atoms with Crippen molar-refractivity contribution in [3.63, 3.8) is 0 Å². The van der Waals surface area contributed by atoms with Crippen LogP contribution in [0.4, 0.5) is 11.6 Å². The van der Waals surface area contributed by atoms with E-state index in [1.54, 1.807) is 18.6 Å². The fraction of sp³-hybridized carbons (Fsp3) is 0.208. The Hall–Kier alpha value is -3.87. The molecule has 1 aliphatic rings. The third kappa shape index (κ3) is 3.82.